The maximum atomic E-state index is 13.0. The van der Waals surface area contributed by atoms with E-state index in [1.54, 1.807) is 0 Å². The van der Waals surface area contributed by atoms with E-state index < -0.39 is 47.9 Å². The zero-order valence-electron chi connectivity index (χ0n) is 19.8. The number of carbonyl (C=O) groups is 4. The molecule has 33 heavy (non-hydrogen) atoms. The first kappa shape index (κ1) is 30.5. The lowest BCUT2D eigenvalue weighted by Gasteiger charge is -2.25. The lowest BCUT2D eigenvalue weighted by molar-refractivity contribution is -0.141. The molecule has 0 aliphatic heterocycles. The van der Waals surface area contributed by atoms with Crippen molar-refractivity contribution in [2.24, 2.45) is 28.1 Å². The Labute approximate surface area is 199 Å². The summed E-state index contributed by atoms with van der Waals surface area (Å²) >= 11 is 1.50. The summed E-state index contributed by atoms with van der Waals surface area (Å²) in [5.74, 6) is -2.17. The van der Waals surface area contributed by atoms with Gasteiger partial charge in [-0.3, -0.25) is 24.2 Å². The highest BCUT2D eigenvalue weighted by atomic mass is 32.2. The molecule has 0 rings (SSSR count). The van der Waals surface area contributed by atoms with Gasteiger partial charge in [-0.2, -0.15) is 11.8 Å². The topological polar surface area (TPSA) is 215 Å². The number of carbonyl (C=O) groups excluding carboxylic acids is 3. The molecular formula is C20H39N7O5S. The van der Waals surface area contributed by atoms with Gasteiger partial charge in [0.2, 0.25) is 17.7 Å². The molecule has 0 heterocycles. The normalized spacial score (nSPS) is 14.5. The lowest BCUT2D eigenvalue weighted by atomic mass is 10.0. The fraction of sp³-hybridized carbons (Fsp3) is 0.750. The first-order chi connectivity index (χ1) is 15.4. The lowest BCUT2D eigenvalue weighted by Crippen LogP contribution is -2.57. The molecule has 0 aromatic heterocycles. The van der Waals surface area contributed by atoms with Gasteiger partial charge in [-0.05, 0) is 50.5 Å². The van der Waals surface area contributed by atoms with E-state index in [0.717, 1.165) is 0 Å². The summed E-state index contributed by atoms with van der Waals surface area (Å²) in [6, 6.07) is -3.83. The second-order valence-electron chi connectivity index (χ2n) is 8.16. The van der Waals surface area contributed by atoms with Gasteiger partial charge >= 0.3 is 5.97 Å². The summed E-state index contributed by atoms with van der Waals surface area (Å²) < 4.78 is 0. The smallest absolute Gasteiger partial charge is 0.325 e. The Balaban J connectivity index is 5.38. The number of carboxylic acids is 1. The monoisotopic (exact) mass is 489 g/mol. The summed E-state index contributed by atoms with van der Waals surface area (Å²) in [7, 11) is 0. The second kappa shape index (κ2) is 16.1. The minimum absolute atomic E-state index is 0.0999. The van der Waals surface area contributed by atoms with Crippen LogP contribution in [-0.2, 0) is 19.2 Å². The number of hydrogen-bond acceptors (Lipinski definition) is 7. The number of carboxylic acid groups (broad SMARTS) is 1. The Hall–Kier alpha value is -2.54. The zero-order valence-corrected chi connectivity index (χ0v) is 20.6. The van der Waals surface area contributed by atoms with Crippen LogP contribution in [-0.4, -0.2) is 77.5 Å². The molecule has 0 aromatic carbocycles. The summed E-state index contributed by atoms with van der Waals surface area (Å²) in [4.78, 5) is 53.0. The molecule has 0 saturated carbocycles. The SMILES string of the molecule is CSCCC(NC(=O)C(N)CC(C)C)C(=O)NC(CCCN=C(N)N)C(=O)NC(C)C(=O)O. The van der Waals surface area contributed by atoms with Crippen LogP contribution in [0.3, 0.4) is 0 Å². The van der Waals surface area contributed by atoms with E-state index in [-0.39, 0.29) is 24.8 Å². The molecule has 12 nitrogen and oxygen atoms in total. The van der Waals surface area contributed by atoms with Gasteiger partial charge in [0, 0.05) is 6.54 Å². The summed E-state index contributed by atoms with van der Waals surface area (Å²) in [6.45, 7) is 5.42. The first-order valence-corrected chi connectivity index (χ1v) is 12.2. The maximum Gasteiger partial charge on any atom is 0.325 e. The first-order valence-electron chi connectivity index (χ1n) is 10.8. The number of nitrogens with one attached hydrogen (secondary N) is 3. The Kier molecular flexibility index (Phi) is 14.9. The van der Waals surface area contributed by atoms with E-state index in [1.165, 1.54) is 18.7 Å². The number of nitrogens with two attached hydrogens (primary N) is 3. The quantitative estimate of drug-likeness (QED) is 0.0779. The Morgan fingerprint density at radius 1 is 0.939 bits per heavy atom. The molecule has 13 heteroatoms. The molecule has 0 radical (unpaired) electrons. The van der Waals surface area contributed by atoms with Gasteiger partial charge in [-0.1, -0.05) is 13.8 Å². The number of guanidine groups is 1. The molecule has 0 bridgehead atoms. The predicted molar refractivity (Wildman–Crippen MR) is 129 cm³/mol. The third-order valence-electron chi connectivity index (χ3n) is 4.61. The van der Waals surface area contributed by atoms with Gasteiger partial charge in [-0.25, -0.2) is 0 Å². The fourth-order valence-electron chi connectivity index (χ4n) is 2.82. The van der Waals surface area contributed by atoms with Crippen LogP contribution in [0, 0.1) is 5.92 Å². The van der Waals surface area contributed by atoms with Crippen LogP contribution < -0.4 is 33.2 Å². The number of nitrogens with zero attached hydrogens (tertiary/aromatic N) is 1. The Morgan fingerprint density at radius 3 is 2.00 bits per heavy atom. The van der Waals surface area contributed by atoms with E-state index in [0.29, 0.717) is 25.0 Å². The van der Waals surface area contributed by atoms with Crippen LogP contribution in [0.4, 0.5) is 0 Å². The second-order valence-corrected chi connectivity index (χ2v) is 9.14. The molecule has 0 spiro atoms. The molecule has 0 aromatic rings. The molecule has 190 valence electrons. The van der Waals surface area contributed by atoms with E-state index in [4.69, 9.17) is 22.3 Å². The number of amides is 3. The van der Waals surface area contributed by atoms with Crippen molar-refractivity contribution in [3.8, 4) is 0 Å². The molecule has 0 aliphatic carbocycles. The van der Waals surface area contributed by atoms with Gasteiger partial charge in [0.15, 0.2) is 5.96 Å². The summed E-state index contributed by atoms with van der Waals surface area (Å²) in [6.07, 6.45) is 3.19. The standard InChI is InChI=1S/C20H39N7O5S/c1-11(2)10-13(21)16(28)26-15(7-9-33-4)18(30)27-14(6-5-8-24-20(22)23)17(29)25-12(3)19(31)32/h11-15H,5-10,21H2,1-4H3,(H,25,29)(H,26,28)(H,27,30)(H,31,32)(H4,22,23,24). The van der Waals surface area contributed by atoms with Crippen LogP contribution in [0.2, 0.25) is 0 Å². The molecule has 0 aliphatic rings. The molecule has 3 amide bonds. The van der Waals surface area contributed by atoms with E-state index in [1.807, 2.05) is 20.1 Å². The van der Waals surface area contributed by atoms with Crippen molar-refractivity contribution in [3.05, 3.63) is 0 Å². The van der Waals surface area contributed by atoms with E-state index in [2.05, 4.69) is 20.9 Å². The number of thioether (sulfide) groups is 1. The maximum absolute atomic E-state index is 13.0. The minimum atomic E-state index is -1.21. The average molecular weight is 490 g/mol. The summed E-state index contributed by atoms with van der Waals surface area (Å²) in [5.41, 5.74) is 16.5. The molecule has 4 unspecified atom stereocenters. The van der Waals surface area contributed by atoms with Gasteiger partial charge in [0.1, 0.15) is 18.1 Å². The highest BCUT2D eigenvalue weighted by Crippen LogP contribution is 2.07. The van der Waals surface area contributed by atoms with Gasteiger partial charge in [-0.15, -0.1) is 0 Å². The minimum Gasteiger partial charge on any atom is -0.480 e. The fourth-order valence-corrected chi connectivity index (χ4v) is 3.29. The van der Waals surface area contributed by atoms with Crippen molar-refractivity contribution in [1.82, 2.24) is 16.0 Å². The third kappa shape index (κ3) is 13.6. The van der Waals surface area contributed by atoms with Crippen LogP contribution in [0.1, 0.15) is 46.5 Å². The van der Waals surface area contributed by atoms with Crippen molar-refractivity contribution >= 4 is 41.4 Å². The highest BCUT2D eigenvalue weighted by molar-refractivity contribution is 7.98. The third-order valence-corrected chi connectivity index (χ3v) is 5.26. The molecule has 0 saturated heterocycles. The van der Waals surface area contributed by atoms with Crippen molar-refractivity contribution in [2.45, 2.75) is 70.6 Å². The largest absolute Gasteiger partial charge is 0.480 e. The van der Waals surface area contributed by atoms with Crippen LogP contribution in [0.5, 0.6) is 0 Å². The van der Waals surface area contributed by atoms with Gasteiger partial charge in [0.05, 0.1) is 6.04 Å². The predicted octanol–water partition coefficient (Wildman–Crippen LogP) is -1.27. The molecule has 4 atom stereocenters. The van der Waals surface area contributed by atoms with Gasteiger partial charge in [0.25, 0.3) is 0 Å². The zero-order chi connectivity index (χ0) is 25.6. The van der Waals surface area contributed by atoms with Crippen molar-refractivity contribution in [1.29, 1.82) is 0 Å². The number of aliphatic carboxylic acids is 1. The average Bonchev–Trinajstić information content (AvgIpc) is 2.71. The molecule has 10 N–H and O–H groups in total. The van der Waals surface area contributed by atoms with E-state index >= 15 is 0 Å². The highest BCUT2D eigenvalue weighted by Gasteiger charge is 2.29. The number of hydrogen-bond donors (Lipinski definition) is 7. The van der Waals surface area contributed by atoms with Crippen molar-refractivity contribution in [3.63, 3.8) is 0 Å². The number of rotatable bonds is 16. The molecule has 0 fully saturated rings. The van der Waals surface area contributed by atoms with Gasteiger partial charge < -0.3 is 38.3 Å². The summed E-state index contributed by atoms with van der Waals surface area (Å²) in [5, 5.41) is 16.7. The number of aliphatic imine (C=N–C) groups is 1. The van der Waals surface area contributed by atoms with Crippen molar-refractivity contribution < 1.29 is 24.3 Å². The van der Waals surface area contributed by atoms with Crippen LogP contribution in [0.25, 0.3) is 0 Å². The molecular weight excluding hydrogens is 450 g/mol. The Morgan fingerprint density at radius 2 is 1.48 bits per heavy atom. The van der Waals surface area contributed by atoms with Crippen LogP contribution >= 0.6 is 11.8 Å². The van der Waals surface area contributed by atoms with Crippen molar-refractivity contribution in [2.75, 3.05) is 18.6 Å². The van der Waals surface area contributed by atoms with Crippen LogP contribution in [0.15, 0.2) is 4.99 Å². The van der Waals surface area contributed by atoms with E-state index in [9.17, 15) is 19.2 Å². The Bertz CT molecular complexity index is 686.